The van der Waals surface area contributed by atoms with E-state index in [9.17, 15) is 43.0 Å². The minimum Gasteiger partial charge on any atom is -0.480 e. The van der Waals surface area contributed by atoms with Gasteiger partial charge in [0.2, 0.25) is 0 Å². The number of rotatable bonds is 16. The van der Waals surface area contributed by atoms with E-state index in [0.29, 0.717) is 44.3 Å². The molecule has 0 aliphatic rings. The fraction of sp³-hybridized carbons (Fsp3) is 0.244. The van der Waals surface area contributed by atoms with Crippen molar-refractivity contribution < 1.29 is 53.2 Å². The van der Waals surface area contributed by atoms with Crippen molar-refractivity contribution in [1.82, 2.24) is 20.7 Å². The van der Waals surface area contributed by atoms with Crippen molar-refractivity contribution >= 4 is 53.0 Å². The number of amides is 1. The van der Waals surface area contributed by atoms with Crippen LogP contribution in [0.1, 0.15) is 48.3 Å². The van der Waals surface area contributed by atoms with E-state index in [4.69, 9.17) is 39.1 Å². The number of carboxylic acid groups (broad SMARTS) is 4. The van der Waals surface area contributed by atoms with E-state index in [1.807, 2.05) is 0 Å². The second-order valence-electron chi connectivity index (χ2n) is 14.1. The van der Waals surface area contributed by atoms with E-state index >= 15 is 0 Å². The molecule has 0 spiro atoms. The second kappa shape index (κ2) is 19.5. The Morgan fingerprint density at radius 2 is 1.12 bits per heavy atom. The molecule has 5 aromatic rings. The topological polar surface area (TPSA) is 246 Å². The van der Waals surface area contributed by atoms with Crippen LogP contribution >= 0.6 is 23.2 Å². The first-order valence-corrected chi connectivity index (χ1v) is 18.4. The van der Waals surface area contributed by atoms with Crippen LogP contribution in [0.4, 0.5) is 8.78 Å². The lowest BCUT2D eigenvalue weighted by Gasteiger charge is -2.26. The lowest BCUT2D eigenvalue weighted by molar-refractivity contribution is -0.166. The summed E-state index contributed by atoms with van der Waals surface area (Å²) in [4.78, 5) is 58.2. The first kappa shape index (κ1) is 45.5. The molecule has 1 amide bonds. The third-order valence-electron chi connectivity index (χ3n) is 9.56. The average molecular weight is 855 g/mol. The van der Waals surface area contributed by atoms with Crippen LogP contribution in [0.2, 0.25) is 10.0 Å². The van der Waals surface area contributed by atoms with Crippen LogP contribution < -0.4 is 11.1 Å². The molecule has 0 aliphatic heterocycles. The molecular weight excluding hydrogens is 815 g/mol. The SMILES string of the molecule is CC(C[C@@H](Cc1ccc(-c2cc(Cl)ccc2F)cc1)NC(=O)c1cn[nH]n1)(C(=O)O)C(=O)O.CC(C[C@H](N)Cc1ccc(-c2cc(Cl)ccc2F)cc1)(C(=O)O)C(=O)O. The number of carbonyl (C=O) groups is 5. The van der Waals surface area contributed by atoms with Crippen molar-refractivity contribution in [3.8, 4) is 22.3 Å². The molecule has 4 aromatic carbocycles. The second-order valence-corrected chi connectivity index (χ2v) is 15.0. The first-order chi connectivity index (χ1) is 27.7. The zero-order chi connectivity index (χ0) is 43.7. The number of halogens is 4. The molecule has 0 fully saturated rings. The minimum absolute atomic E-state index is 0.0286. The smallest absolute Gasteiger partial charge is 0.320 e. The van der Waals surface area contributed by atoms with Gasteiger partial charge < -0.3 is 31.5 Å². The lowest BCUT2D eigenvalue weighted by atomic mass is 9.82. The van der Waals surface area contributed by atoms with E-state index in [0.717, 1.165) is 19.4 Å². The van der Waals surface area contributed by atoms with Crippen LogP contribution in [0.3, 0.4) is 0 Å². The highest BCUT2D eigenvalue weighted by Crippen LogP contribution is 2.30. The molecule has 0 aliphatic carbocycles. The number of aliphatic carboxylic acids is 4. The summed E-state index contributed by atoms with van der Waals surface area (Å²) in [5, 5.41) is 50.2. The van der Waals surface area contributed by atoms with Gasteiger partial charge >= 0.3 is 23.9 Å². The molecule has 1 heterocycles. The van der Waals surface area contributed by atoms with Crippen molar-refractivity contribution in [1.29, 1.82) is 0 Å². The number of carboxylic acids is 4. The molecule has 0 unspecified atom stereocenters. The summed E-state index contributed by atoms with van der Waals surface area (Å²) in [6, 6.07) is 20.6. The maximum atomic E-state index is 14.2. The minimum atomic E-state index is -2.13. The van der Waals surface area contributed by atoms with E-state index in [1.54, 1.807) is 48.5 Å². The van der Waals surface area contributed by atoms with Gasteiger partial charge in [0, 0.05) is 33.3 Å². The fourth-order valence-electron chi connectivity index (χ4n) is 6.03. The summed E-state index contributed by atoms with van der Waals surface area (Å²) in [6.07, 6.45) is 1.02. The van der Waals surface area contributed by atoms with Crippen LogP contribution in [0, 0.1) is 22.5 Å². The molecular formula is C41H39Cl2F2N5O9. The van der Waals surface area contributed by atoms with Crippen LogP contribution in [0.15, 0.2) is 91.1 Å². The molecule has 0 saturated heterocycles. The maximum absolute atomic E-state index is 14.2. The molecule has 14 nitrogen and oxygen atoms in total. The van der Waals surface area contributed by atoms with Gasteiger partial charge in [-0.15, -0.1) is 0 Å². The average Bonchev–Trinajstić information content (AvgIpc) is 3.73. The number of benzene rings is 4. The van der Waals surface area contributed by atoms with Crippen LogP contribution in [-0.2, 0) is 32.0 Å². The van der Waals surface area contributed by atoms with Crippen molar-refractivity contribution in [3.63, 3.8) is 0 Å². The van der Waals surface area contributed by atoms with E-state index in [1.165, 1.54) is 42.6 Å². The lowest BCUT2D eigenvalue weighted by Crippen LogP contribution is -2.46. The van der Waals surface area contributed by atoms with Crippen LogP contribution in [0.5, 0.6) is 0 Å². The van der Waals surface area contributed by atoms with Crippen molar-refractivity contribution in [3.05, 3.63) is 130 Å². The van der Waals surface area contributed by atoms with E-state index in [2.05, 4.69) is 20.7 Å². The number of carbonyl (C=O) groups excluding carboxylic acids is 1. The van der Waals surface area contributed by atoms with Gasteiger partial charge in [-0.05, 0) is 98.2 Å². The summed E-state index contributed by atoms with van der Waals surface area (Å²) in [5.74, 6) is -7.37. The highest BCUT2D eigenvalue weighted by Gasteiger charge is 2.44. The molecule has 1 aromatic heterocycles. The predicted molar refractivity (Wildman–Crippen MR) is 213 cm³/mol. The van der Waals surface area contributed by atoms with Crippen molar-refractivity contribution in [2.75, 3.05) is 0 Å². The third kappa shape index (κ3) is 11.7. The molecule has 18 heteroatoms. The number of aromatic nitrogens is 3. The van der Waals surface area contributed by atoms with Gasteiger partial charge in [0.25, 0.3) is 5.91 Å². The highest BCUT2D eigenvalue weighted by atomic mass is 35.5. The van der Waals surface area contributed by atoms with Gasteiger partial charge in [-0.25, -0.2) is 8.78 Å². The number of hydrogen-bond acceptors (Lipinski definition) is 8. The normalized spacial score (nSPS) is 12.4. The third-order valence-corrected chi connectivity index (χ3v) is 10.0. The molecule has 5 rings (SSSR count). The fourth-order valence-corrected chi connectivity index (χ4v) is 6.38. The molecule has 0 saturated carbocycles. The van der Waals surface area contributed by atoms with Gasteiger partial charge in [0.05, 0.1) is 6.20 Å². The van der Waals surface area contributed by atoms with E-state index in [-0.39, 0.29) is 25.0 Å². The molecule has 310 valence electrons. The number of nitrogens with zero attached hydrogens (tertiary/aromatic N) is 2. The Morgan fingerprint density at radius 1 is 0.695 bits per heavy atom. The van der Waals surface area contributed by atoms with Gasteiger partial charge in [-0.3, -0.25) is 24.0 Å². The Labute approximate surface area is 346 Å². The molecule has 2 atom stereocenters. The summed E-state index contributed by atoms with van der Waals surface area (Å²) < 4.78 is 28.1. The number of H-pyrrole nitrogens is 1. The van der Waals surface area contributed by atoms with Gasteiger partial charge in [-0.1, -0.05) is 71.7 Å². The highest BCUT2D eigenvalue weighted by molar-refractivity contribution is 6.31. The Bertz CT molecular complexity index is 2280. The zero-order valence-corrected chi connectivity index (χ0v) is 33.0. The number of nitrogens with one attached hydrogen (secondary N) is 2. The van der Waals surface area contributed by atoms with E-state index < -0.39 is 64.3 Å². The molecule has 0 radical (unpaired) electrons. The van der Waals surface area contributed by atoms with Crippen molar-refractivity contribution in [2.45, 2.75) is 51.6 Å². The summed E-state index contributed by atoms with van der Waals surface area (Å²) in [5.41, 5.74) is 5.22. The summed E-state index contributed by atoms with van der Waals surface area (Å²) in [7, 11) is 0. The maximum Gasteiger partial charge on any atom is 0.320 e. The van der Waals surface area contributed by atoms with Gasteiger partial charge in [-0.2, -0.15) is 15.4 Å². The Kier molecular flexibility index (Phi) is 15.0. The molecule has 8 N–H and O–H groups in total. The Morgan fingerprint density at radius 3 is 1.53 bits per heavy atom. The first-order valence-electron chi connectivity index (χ1n) is 17.7. The standard InChI is InChI=1S/C22H20ClFN4O5.C19H19ClFNO4/c1-22(20(30)31,21(32)33)10-15(26-19(29)18-11-25-28-27-18)8-12-2-4-13(5-3-12)16-9-14(23)6-7-17(16)24;1-19(17(23)24,18(25)26)10-14(22)8-11-2-4-12(5-3-11)15-9-13(20)6-7-16(15)21/h2-7,9,11,15H,8,10H2,1H3,(H,26,29)(H,30,31)(H,32,33)(H,25,27,28);2-7,9,14H,8,10,22H2,1H3,(H,23,24)(H,25,26)/t15-;14-/m11/s1. The quantitative estimate of drug-likeness (QED) is 0.0510. The van der Waals surface area contributed by atoms with Crippen molar-refractivity contribution in [2.24, 2.45) is 16.6 Å². The molecule has 59 heavy (non-hydrogen) atoms. The van der Waals surface area contributed by atoms with Crippen LogP contribution in [0.25, 0.3) is 22.3 Å². The summed E-state index contributed by atoms with van der Waals surface area (Å²) >= 11 is 11.9. The monoisotopic (exact) mass is 853 g/mol. The Hall–Kier alpha value is -6.23. The van der Waals surface area contributed by atoms with Crippen LogP contribution in [-0.4, -0.2) is 77.7 Å². The zero-order valence-electron chi connectivity index (χ0n) is 31.5. The number of nitrogens with two attached hydrogens (primary N) is 1. The summed E-state index contributed by atoms with van der Waals surface area (Å²) in [6.45, 7) is 2.22. The molecule has 0 bridgehead atoms. The van der Waals surface area contributed by atoms with Gasteiger partial charge in [0.1, 0.15) is 11.6 Å². The van der Waals surface area contributed by atoms with Gasteiger partial charge in [0.15, 0.2) is 16.5 Å². The Balaban J connectivity index is 0.000000268. The number of hydrogen-bond donors (Lipinski definition) is 7. The predicted octanol–water partition coefficient (Wildman–Crippen LogP) is 6.75. The number of aromatic amines is 1. The largest absolute Gasteiger partial charge is 0.480 e.